The molecule has 2 unspecified atom stereocenters. The number of unbranched alkanes of at least 4 members (excludes halogenated alkanes) is 4. The summed E-state index contributed by atoms with van der Waals surface area (Å²) >= 11 is 6.05. The molecule has 4 aromatic carbocycles. The van der Waals surface area contributed by atoms with E-state index < -0.39 is 12.3 Å². The summed E-state index contributed by atoms with van der Waals surface area (Å²) in [5.74, 6) is 1.64. The molecule has 6 N–H and O–H groups in total. The van der Waals surface area contributed by atoms with Crippen LogP contribution >= 0.6 is 11.6 Å². The number of halogens is 1. The summed E-state index contributed by atoms with van der Waals surface area (Å²) in [6.07, 6.45) is 4.35. The number of anilines is 1. The normalized spacial score (nSPS) is 16.2. The number of aliphatic hydroxyl groups is 4. The van der Waals surface area contributed by atoms with Gasteiger partial charge in [-0.05, 0) is 101 Å². The second-order valence-electron chi connectivity index (χ2n) is 13.2. The van der Waals surface area contributed by atoms with Crippen LogP contribution in [0.3, 0.4) is 0 Å². The molecule has 4 aromatic rings. The van der Waals surface area contributed by atoms with Gasteiger partial charge in [-0.3, -0.25) is 4.79 Å². The lowest BCUT2D eigenvalue weighted by atomic mass is 9.93. The highest BCUT2D eigenvalue weighted by Gasteiger charge is 2.27. The van der Waals surface area contributed by atoms with Crippen molar-refractivity contribution in [1.82, 2.24) is 5.32 Å². The molecule has 0 radical (unpaired) electrons. The zero-order valence-electron chi connectivity index (χ0n) is 30.1. The molecule has 0 aromatic heterocycles. The number of carbonyl (C=O) groups excluding carboxylic acids is 1. The summed E-state index contributed by atoms with van der Waals surface area (Å²) in [4.78, 5) is 18.4. The molecule has 2 heterocycles. The Bertz CT molecular complexity index is 1950. The van der Waals surface area contributed by atoms with Crippen LogP contribution in [-0.4, -0.2) is 52.4 Å². The van der Waals surface area contributed by atoms with Crippen molar-refractivity contribution in [3.05, 3.63) is 116 Å². The number of hydrogen-bond donors (Lipinski definition) is 6. The van der Waals surface area contributed by atoms with E-state index in [0.717, 1.165) is 54.5 Å². The van der Waals surface area contributed by atoms with E-state index in [9.17, 15) is 25.2 Å². The standard InChI is InChI=1S/C41H46ClN3O9/c1-51-37-12-7-25(35-20-38(54-45-35)27-16-28(21-46)33(24-49)29(17-27)22-47)18-39(37)53-14-6-4-2-3-5-13-52-36-11-8-26(15-30(36)23-48)40-43-34-10-9-31(42)19-32(34)41(50)44-40/h7-12,15-19,38,40,43,46-49H,2-6,13-14,20-24H2,1H3,(H,44,50). The molecule has 12 nitrogen and oxygen atoms in total. The number of carbonyl (C=O) groups is 1. The lowest BCUT2D eigenvalue weighted by Gasteiger charge is -2.28. The second kappa shape index (κ2) is 18.5. The van der Waals surface area contributed by atoms with Gasteiger partial charge in [0.25, 0.3) is 5.91 Å². The summed E-state index contributed by atoms with van der Waals surface area (Å²) in [6.45, 7) is 0.0592. The van der Waals surface area contributed by atoms with Gasteiger partial charge in [-0.25, -0.2) is 0 Å². The van der Waals surface area contributed by atoms with Crippen molar-refractivity contribution in [3.8, 4) is 17.2 Å². The average Bonchev–Trinajstić information content (AvgIpc) is 3.70. The van der Waals surface area contributed by atoms with Crippen LogP contribution in [-0.2, 0) is 31.3 Å². The fourth-order valence-corrected chi connectivity index (χ4v) is 6.90. The number of fused-ring (bicyclic) bond motifs is 1. The highest BCUT2D eigenvalue weighted by atomic mass is 35.5. The van der Waals surface area contributed by atoms with Crippen LogP contribution in [0, 0.1) is 0 Å². The summed E-state index contributed by atoms with van der Waals surface area (Å²) in [5.41, 5.74) is 6.61. The lowest BCUT2D eigenvalue weighted by Crippen LogP contribution is -2.38. The molecule has 2 atom stereocenters. The lowest BCUT2D eigenvalue weighted by molar-refractivity contribution is 0.0853. The molecule has 0 saturated heterocycles. The Kier molecular flexibility index (Phi) is 13.3. The molecule has 54 heavy (non-hydrogen) atoms. The number of aliphatic hydroxyl groups excluding tert-OH is 4. The van der Waals surface area contributed by atoms with Crippen molar-refractivity contribution in [2.75, 3.05) is 25.6 Å². The van der Waals surface area contributed by atoms with Gasteiger partial charge in [-0.2, -0.15) is 0 Å². The van der Waals surface area contributed by atoms with Crippen LogP contribution in [0.2, 0.25) is 5.02 Å². The molecule has 13 heteroatoms. The zero-order chi connectivity index (χ0) is 38.0. The number of rotatable bonds is 18. The van der Waals surface area contributed by atoms with E-state index >= 15 is 0 Å². The first-order valence-corrected chi connectivity index (χ1v) is 18.5. The van der Waals surface area contributed by atoms with Crippen LogP contribution < -0.4 is 24.8 Å². The minimum absolute atomic E-state index is 0.189. The average molecular weight is 760 g/mol. The Morgan fingerprint density at radius 3 is 2.09 bits per heavy atom. The first-order valence-electron chi connectivity index (χ1n) is 18.1. The minimum Gasteiger partial charge on any atom is -0.493 e. The number of amides is 1. The number of hydrogen-bond acceptors (Lipinski definition) is 11. The third-order valence-corrected chi connectivity index (χ3v) is 9.92. The maximum Gasteiger partial charge on any atom is 0.255 e. The van der Waals surface area contributed by atoms with Crippen molar-refractivity contribution in [3.63, 3.8) is 0 Å². The molecule has 0 aliphatic carbocycles. The van der Waals surface area contributed by atoms with Crippen molar-refractivity contribution in [2.45, 2.75) is 77.2 Å². The van der Waals surface area contributed by atoms with Crippen molar-refractivity contribution >= 4 is 28.9 Å². The molecule has 286 valence electrons. The van der Waals surface area contributed by atoms with Crippen LogP contribution in [0.15, 0.2) is 71.9 Å². The Hall–Kier alpha value is -4.85. The van der Waals surface area contributed by atoms with Crippen LogP contribution in [0.4, 0.5) is 5.69 Å². The van der Waals surface area contributed by atoms with Gasteiger partial charge in [-0.1, -0.05) is 42.1 Å². The third-order valence-electron chi connectivity index (χ3n) is 9.69. The van der Waals surface area contributed by atoms with Gasteiger partial charge in [0, 0.05) is 28.3 Å². The number of nitrogens with one attached hydrogen (secondary N) is 2. The van der Waals surface area contributed by atoms with Crippen molar-refractivity contribution in [1.29, 1.82) is 0 Å². The van der Waals surface area contributed by atoms with E-state index in [1.807, 2.05) is 36.4 Å². The smallest absolute Gasteiger partial charge is 0.255 e. The first-order chi connectivity index (χ1) is 26.3. The van der Waals surface area contributed by atoms with E-state index in [2.05, 4.69) is 15.8 Å². The molecule has 6 rings (SSSR count). The van der Waals surface area contributed by atoms with Gasteiger partial charge in [-0.15, -0.1) is 0 Å². The summed E-state index contributed by atoms with van der Waals surface area (Å²) in [5, 5.41) is 50.4. The van der Waals surface area contributed by atoms with Gasteiger partial charge in [0.15, 0.2) is 17.6 Å². The topological polar surface area (TPSA) is 171 Å². The second-order valence-corrected chi connectivity index (χ2v) is 13.7. The fraction of sp³-hybridized carbons (Fsp3) is 0.366. The number of benzene rings is 4. The molecule has 0 spiro atoms. The molecule has 2 aliphatic heterocycles. The van der Waals surface area contributed by atoms with Crippen molar-refractivity contribution < 1.29 is 44.3 Å². The van der Waals surface area contributed by atoms with Crippen LogP contribution in [0.25, 0.3) is 0 Å². The highest BCUT2D eigenvalue weighted by Crippen LogP contribution is 2.36. The van der Waals surface area contributed by atoms with E-state index in [0.29, 0.717) is 75.4 Å². The molecule has 0 saturated carbocycles. The summed E-state index contributed by atoms with van der Waals surface area (Å²) in [6, 6.07) is 19.9. The Morgan fingerprint density at radius 1 is 0.741 bits per heavy atom. The van der Waals surface area contributed by atoms with Gasteiger partial charge in [0.05, 0.1) is 58.0 Å². The van der Waals surface area contributed by atoms with E-state index in [1.54, 1.807) is 37.4 Å². The highest BCUT2D eigenvalue weighted by molar-refractivity contribution is 6.31. The predicted octanol–water partition coefficient (Wildman–Crippen LogP) is 6.45. The van der Waals surface area contributed by atoms with E-state index in [-0.39, 0.29) is 32.3 Å². The largest absolute Gasteiger partial charge is 0.493 e. The molecule has 2 aliphatic rings. The van der Waals surface area contributed by atoms with Gasteiger partial charge < -0.3 is 50.1 Å². The van der Waals surface area contributed by atoms with Gasteiger partial charge >= 0.3 is 0 Å². The number of nitrogens with zero attached hydrogens (tertiary/aromatic N) is 1. The van der Waals surface area contributed by atoms with Crippen LogP contribution in [0.5, 0.6) is 17.2 Å². The Balaban J connectivity index is 0.925. The predicted molar refractivity (Wildman–Crippen MR) is 204 cm³/mol. The summed E-state index contributed by atoms with van der Waals surface area (Å²) < 4.78 is 17.7. The molecule has 1 amide bonds. The monoisotopic (exact) mass is 759 g/mol. The van der Waals surface area contributed by atoms with E-state index in [4.69, 9.17) is 30.6 Å². The Labute approximate surface area is 319 Å². The molecule has 0 fully saturated rings. The Morgan fingerprint density at radius 2 is 1.41 bits per heavy atom. The molecule has 0 bridgehead atoms. The van der Waals surface area contributed by atoms with Crippen LogP contribution in [0.1, 0.15) is 100 Å². The van der Waals surface area contributed by atoms with Gasteiger partial charge in [0.1, 0.15) is 11.9 Å². The van der Waals surface area contributed by atoms with E-state index in [1.165, 1.54) is 0 Å². The first kappa shape index (κ1) is 38.9. The third kappa shape index (κ3) is 9.08. The maximum absolute atomic E-state index is 12.6. The van der Waals surface area contributed by atoms with Crippen molar-refractivity contribution in [2.24, 2.45) is 5.16 Å². The molecular weight excluding hydrogens is 714 g/mol. The van der Waals surface area contributed by atoms with Gasteiger partial charge in [0.2, 0.25) is 0 Å². The fourth-order valence-electron chi connectivity index (χ4n) is 6.73. The number of oxime groups is 1. The number of methoxy groups -OCH3 is 1. The SMILES string of the molecule is COc1ccc(C2=NOC(c3cc(CO)c(CO)c(CO)c3)C2)cc1OCCCCCCCOc1ccc(C2NC(=O)c3cc(Cl)ccc3N2)cc1CO. The quantitative estimate of drug-likeness (QED) is 0.0620. The summed E-state index contributed by atoms with van der Waals surface area (Å²) in [7, 11) is 1.60. The number of ether oxygens (including phenoxy) is 3. The molecular formula is C41H46ClN3O9. The zero-order valence-corrected chi connectivity index (χ0v) is 30.9. The minimum atomic E-state index is -0.448. The maximum atomic E-state index is 12.6.